The van der Waals surface area contributed by atoms with Crippen LogP contribution in [-0.4, -0.2) is 67.9 Å². The lowest BCUT2D eigenvalue weighted by molar-refractivity contribution is -0.144. The average molecular weight is 421 g/mol. The van der Waals surface area contributed by atoms with Gasteiger partial charge in [0.25, 0.3) is 4.87 Å². The first-order valence-corrected chi connectivity index (χ1v) is 10.6. The van der Waals surface area contributed by atoms with Crippen LogP contribution in [0.5, 0.6) is 11.8 Å². The predicted molar refractivity (Wildman–Crippen MR) is 94.3 cm³/mol. The highest BCUT2D eigenvalue weighted by Gasteiger charge is 2.55. The van der Waals surface area contributed by atoms with Crippen molar-refractivity contribution in [3.63, 3.8) is 0 Å². The average Bonchev–Trinajstić information content (AvgIpc) is 3.19. The van der Waals surface area contributed by atoms with Gasteiger partial charge in [-0.2, -0.15) is 20.2 Å². The molecule has 3 rings (SSSR count). The number of carboxylic acids is 1. The number of hydrogen-bond donors (Lipinski definition) is 6. The number of carbonyl (C=O) groups is 2. The van der Waals surface area contributed by atoms with Crippen molar-refractivity contribution in [1.82, 2.24) is 15.2 Å². The summed E-state index contributed by atoms with van der Waals surface area (Å²) in [5.74, 6) is -2.87. The van der Waals surface area contributed by atoms with Crippen molar-refractivity contribution in [1.29, 1.82) is 0 Å². The van der Waals surface area contributed by atoms with E-state index in [0.29, 0.717) is 12.2 Å². The van der Waals surface area contributed by atoms with E-state index in [4.69, 9.17) is 0 Å². The van der Waals surface area contributed by atoms with Crippen LogP contribution < -0.4 is 10.6 Å². The molecular formula is C14H19N3O8S2. The van der Waals surface area contributed by atoms with Crippen LogP contribution >= 0.6 is 11.8 Å². The molecular weight excluding hydrogens is 402 g/mol. The Bertz CT molecular complexity index is 850. The fourth-order valence-corrected chi connectivity index (χ4v) is 6.22. The molecule has 0 aromatic carbocycles. The van der Waals surface area contributed by atoms with E-state index in [2.05, 4.69) is 10.6 Å². The molecule has 4 atom stereocenters. The Kier molecular flexibility index (Phi) is 4.94. The van der Waals surface area contributed by atoms with Crippen molar-refractivity contribution in [3.8, 4) is 11.8 Å². The molecule has 2 amide bonds. The fourth-order valence-electron chi connectivity index (χ4n) is 3.64. The number of nitrogens with zero attached hydrogens (tertiary/aromatic N) is 1. The lowest BCUT2D eigenvalue weighted by Crippen LogP contribution is -2.48. The van der Waals surface area contributed by atoms with E-state index >= 15 is 0 Å². The molecule has 150 valence electrons. The highest BCUT2D eigenvalue weighted by molar-refractivity contribution is 8.00. The molecule has 2 fully saturated rings. The van der Waals surface area contributed by atoms with Crippen molar-refractivity contribution in [2.75, 3.05) is 5.75 Å². The molecule has 0 bridgehead atoms. The number of fused-ring (bicyclic) bond motifs is 1. The second-order valence-electron chi connectivity index (χ2n) is 6.46. The van der Waals surface area contributed by atoms with Gasteiger partial charge in [-0.3, -0.25) is 9.12 Å². The number of carbonyl (C=O) groups excluding carboxylic acids is 1. The molecule has 0 spiro atoms. The molecule has 2 aliphatic rings. The van der Waals surface area contributed by atoms with Crippen molar-refractivity contribution in [2.45, 2.75) is 41.5 Å². The second kappa shape index (κ2) is 6.80. The van der Waals surface area contributed by atoms with E-state index < -0.39 is 39.1 Å². The summed E-state index contributed by atoms with van der Waals surface area (Å²) in [6.45, 7) is 0. The maximum Gasteiger partial charge on any atom is 0.348 e. The molecule has 27 heavy (non-hydrogen) atoms. The number of aromatic hydroxyl groups is 2. The first kappa shape index (κ1) is 19.6. The molecule has 2 saturated heterocycles. The summed E-state index contributed by atoms with van der Waals surface area (Å²) >= 11 is 1.56. The summed E-state index contributed by atoms with van der Waals surface area (Å²) in [5, 5.41) is 34.8. The highest BCUT2D eigenvalue weighted by atomic mass is 32.2. The van der Waals surface area contributed by atoms with Crippen LogP contribution in [0.4, 0.5) is 4.79 Å². The van der Waals surface area contributed by atoms with Crippen molar-refractivity contribution >= 4 is 33.9 Å². The number of aromatic nitrogens is 1. The summed E-state index contributed by atoms with van der Waals surface area (Å²) in [5.41, 5.74) is 0. The monoisotopic (exact) mass is 421 g/mol. The molecule has 11 nitrogen and oxygen atoms in total. The van der Waals surface area contributed by atoms with Gasteiger partial charge in [0.15, 0.2) is 11.8 Å². The normalized spacial score (nSPS) is 26.9. The first-order chi connectivity index (χ1) is 12.6. The third-order valence-corrected chi connectivity index (χ3v) is 7.83. The number of urea groups is 1. The molecule has 13 heteroatoms. The number of hydrogen-bond acceptors (Lipinski definition) is 7. The largest absolute Gasteiger partial charge is 0.494 e. The van der Waals surface area contributed by atoms with Crippen LogP contribution in [0, 0.1) is 0 Å². The third-order valence-electron chi connectivity index (χ3n) is 4.90. The van der Waals surface area contributed by atoms with Gasteiger partial charge in [0.2, 0.25) is 0 Å². The quantitative estimate of drug-likeness (QED) is 0.258. The van der Waals surface area contributed by atoms with Crippen LogP contribution in [0.2, 0.25) is 0 Å². The molecule has 0 radical (unpaired) electrons. The summed E-state index contributed by atoms with van der Waals surface area (Å²) in [7, 11) is -5.26. The van der Waals surface area contributed by atoms with Gasteiger partial charge in [-0.05, 0) is 19.3 Å². The van der Waals surface area contributed by atoms with Gasteiger partial charge in [0, 0.05) is 23.1 Å². The minimum atomic E-state index is -5.26. The van der Waals surface area contributed by atoms with E-state index in [1.54, 1.807) is 11.8 Å². The minimum Gasteiger partial charge on any atom is -0.494 e. The Morgan fingerprint density at radius 3 is 2.48 bits per heavy atom. The van der Waals surface area contributed by atoms with Gasteiger partial charge in [-0.15, -0.1) is 0 Å². The van der Waals surface area contributed by atoms with Crippen LogP contribution in [0.3, 0.4) is 0 Å². The van der Waals surface area contributed by atoms with E-state index in [-0.39, 0.29) is 34.4 Å². The van der Waals surface area contributed by atoms with E-state index in [1.807, 2.05) is 0 Å². The highest BCUT2D eigenvalue weighted by Crippen LogP contribution is 2.40. The van der Waals surface area contributed by atoms with Crippen LogP contribution in [0.1, 0.15) is 19.3 Å². The zero-order chi connectivity index (χ0) is 20.0. The summed E-state index contributed by atoms with van der Waals surface area (Å²) in [4.78, 5) is 20.3. The third kappa shape index (κ3) is 3.19. The number of amides is 2. The summed E-state index contributed by atoms with van der Waals surface area (Å²) in [6.07, 6.45) is -0.187. The Morgan fingerprint density at radius 2 is 1.93 bits per heavy atom. The lowest BCUT2D eigenvalue weighted by atomic mass is 10.0. The lowest BCUT2D eigenvalue weighted by Gasteiger charge is -2.29. The van der Waals surface area contributed by atoms with E-state index in [1.165, 1.54) is 0 Å². The van der Waals surface area contributed by atoms with Crippen molar-refractivity contribution in [3.05, 3.63) is 12.1 Å². The zero-order valence-corrected chi connectivity index (χ0v) is 15.5. The molecule has 2 aliphatic heterocycles. The molecule has 1 aromatic heterocycles. The maximum atomic E-state index is 12.0. The van der Waals surface area contributed by atoms with Gasteiger partial charge in [0.05, 0.1) is 12.1 Å². The van der Waals surface area contributed by atoms with Crippen LogP contribution in [-0.2, 0) is 19.8 Å². The van der Waals surface area contributed by atoms with E-state index in [0.717, 1.165) is 12.1 Å². The number of thioether (sulfide) groups is 1. The molecule has 0 saturated carbocycles. The second-order valence-corrected chi connectivity index (χ2v) is 9.36. The van der Waals surface area contributed by atoms with Gasteiger partial charge in [-0.1, -0.05) is 0 Å². The number of rotatable bonds is 7. The van der Waals surface area contributed by atoms with Gasteiger partial charge < -0.3 is 26.0 Å². The van der Waals surface area contributed by atoms with Gasteiger partial charge in [0.1, 0.15) is 0 Å². The van der Waals surface area contributed by atoms with Crippen LogP contribution in [0.25, 0.3) is 0 Å². The van der Waals surface area contributed by atoms with Crippen molar-refractivity contribution < 1.29 is 37.9 Å². The standard InChI is InChI=1S/C14H19N3O8S2/c18-9-3-4-10(19)17(9)14(12(20)21,27(23,24)25)5-1-2-8-11-7(6-26-8)15-13(22)16-11/h3-4,7-8,11,18-19H,1-2,5-6H2,(H,20,21)(H2,15,16,22)(H,23,24,25)/t7-,8-,11-,14?/m0/s1. The summed E-state index contributed by atoms with van der Waals surface area (Å²) < 4.78 is 34.0. The Morgan fingerprint density at radius 1 is 1.30 bits per heavy atom. The SMILES string of the molecule is O=C1N[C@H]2[C@H](CS[C@H]2CCCC(C(=O)O)(n2c(O)ccc2O)S(=O)(=O)O)N1. The predicted octanol–water partition coefficient (Wildman–Crippen LogP) is -0.140. The number of carboxylic acid groups (broad SMARTS) is 1. The Balaban J connectivity index is 1.83. The Labute approximate surface area is 158 Å². The first-order valence-electron chi connectivity index (χ1n) is 8.07. The minimum absolute atomic E-state index is 0.0416. The smallest absolute Gasteiger partial charge is 0.348 e. The molecule has 0 aliphatic carbocycles. The fraction of sp³-hybridized carbons (Fsp3) is 0.571. The van der Waals surface area contributed by atoms with Crippen molar-refractivity contribution in [2.24, 2.45) is 0 Å². The Hall–Kier alpha value is -2.12. The van der Waals surface area contributed by atoms with Gasteiger partial charge in [-0.25, -0.2) is 9.59 Å². The summed E-state index contributed by atoms with van der Waals surface area (Å²) in [6, 6.07) is 1.37. The number of aliphatic carboxylic acids is 1. The number of nitrogens with one attached hydrogen (secondary N) is 2. The molecule has 3 heterocycles. The molecule has 1 unspecified atom stereocenters. The molecule has 1 aromatic rings. The van der Waals surface area contributed by atoms with E-state index in [9.17, 15) is 37.9 Å². The van der Waals surface area contributed by atoms with Crippen LogP contribution in [0.15, 0.2) is 12.1 Å². The maximum absolute atomic E-state index is 12.0. The zero-order valence-electron chi connectivity index (χ0n) is 13.9. The molecule has 6 N–H and O–H groups in total. The topological polar surface area (TPSA) is 178 Å². The van der Waals surface area contributed by atoms with Gasteiger partial charge >= 0.3 is 22.1 Å².